The highest BCUT2D eigenvalue weighted by Crippen LogP contribution is 1.89. The molecule has 0 spiro atoms. The van der Waals surface area contributed by atoms with Crippen molar-refractivity contribution in [3.05, 3.63) is 0 Å². The molecule has 0 aromatic rings. The summed E-state index contributed by atoms with van der Waals surface area (Å²) >= 11 is 0. The SMILES string of the molecule is CC[C@@H](CO)NC(=O)[C@H](C)N. The van der Waals surface area contributed by atoms with E-state index in [-0.39, 0.29) is 18.6 Å². The molecule has 0 aliphatic rings. The van der Waals surface area contributed by atoms with E-state index in [1.165, 1.54) is 0 Å². The van der Waals surface area contributed by atoms with Gasteiger partial charge in [0.05, 0.1) is 18.7 Å². The fourth-order valence-corrected chi connectivity index (χ4v) is 0.609. The van der Waals surface area contributed by atoms with Crippen molar-refractivity contribution in [1.29, 1.82) is 0 Å². The molecule has 0 aliphatic carbocycles. The topological polar surface area (TPSA) is 75.3 Å². The molecule has 0 saturated heterocycles. The van der Waals surface area contributed by atoms with Crippen LogP contribution in [0.1, 0.15) is 20.3 Å². The standard InChI is InChI=1S/C7H16N2O2/c1-3-6(4-10)9-7(11)5(2)8/h5-6,10H,3-4,8H2,1-2H3,(H,9,11)/t5-,6-/m0/s1. The Hall–Kier alpha value is -0.610. The van der Waals surface area contributed by atoms with Crippen molar-refractivity contribution in [3.63, 3.8) is 0 Å². The van der Waals surface area contributed by atoms with Crippen LogP contribution in [0.5, 0.6) is 0 Å². The molecule has 0 fully saturated rings. The van der Waals surface area contributed by atoms with Crippen LogP contribution in [0.15, 0.2) is 0 Å². The van der Waals surface area contributed by atoms with Gasteiger partial charge in [0, 0.05) is 0 Å². The largest absolute Gasteiger partial charge is 0.394 e. The van der Waals surface area contributed by atoms with Crippen LogP contribution >= 0.6 is 0 Å². The van der Waals surface area contributed by atoms with Crippen LogP contribution in [0.25, 0.3) is 0 Å². The Bertz CT molecular complexity index is 122. The minimum Gasteiger partial charge on any atom is -0.394 e. The van der Waals surface area contributed by atoms with E-state index < -0.39 is 6.04 Å². The summed E-state index contributed by atoms with van der Waals surface area (Å²) in [5.74, 6) is -0.217. The van der Waals surface area contributed by atoms with Gasteiger partial charge in [-0.05, 0) is 13.3 Å². The molecule has 11 heavy (non-hydrogen) atoms. The molecule has 4 nitrogen and oxygen atoms in total. The first kappa shape index (κ1) is 10.4. The molecule has 0 saturated carbocycles. The predicted octanol–water partition coefficient (Wildman–Crippen LogP) is -0.779. The number of aliphatic hydroxyl groups excluding tert-OH is 1. The summed E-state index contributed by atoms with van der Waals surface area (Å²) in [4.78, 5) is 10.9. The molecule has 0 aromatic heterocycles. The van der Waals surface area contributed by atoms with Gasteiger partial charge in [-0.2, -0.15) is 0 Å². The van der Waals surface area contributed by atoms with Gasteiger partial charge in [0.15, 0.2) is 0 Å². The monoisotopic (exact) mass is 160 g/mol. The van der Waals surface area contributed by atoms with Gasteiger partial charge >= 0.3 is 0 Å². The molecule has 0 heterocycles. The Morgan fingerprint density at radius 1 is 1.73 bits per heavy atom. The second-order valence-electron chi connectivity index (χ2n) is 2.59. The highest BCUT2D eigenvalue weighted by Gasteiger charge is 2.11. The quantitative estimate of drug-likeness (QED) is 0.505. The molecule has 4 N–H and O–H groups in total. The van der Waals surface area contributed by atoms with Gasteiger partial charge in [-0.3, -0.25) is 4.79 Å². The first-order valence-corrected chi connectivity index (χ1v) is 3.78. The van der Waals surface area contributed by atoms with Crippen molar-refractivity contribution in [1.82, 2.24) is 5.32 Å². The highest BCUT2D eigenvalue weighted by molar-refractivity contribution is 5.81. The van der Waals surface area contributed by atoms with Crippen LogP contribution in [-0.2, 0) is 4.79 Å². The van der Waals surface area contributed by atoms with E-state index >= 15 is 0 Å². The van der Waals surface area contributed by atoms with Gasteiger partial charge in [0.1, 0.15) is 0 Å². The number of rotatable bonds is 4. The molecule has 1 amide bonds. The van der Waals surface area contributed by atoms with E-state index in [0.717, 1.165) is 6.42 Å². The molecule has 0 rings (SSSR count). The smallest absolute Gasteiger partial charge is 0.236 e. The maximum atomic E-state index is 10.9. The minimum absolute atomic E-state index is 0.0328. The third kappa shape index (κ3) is 3.95. The van der Waals surface area contributed by atoms with Gasteiger partial charge in [-0.25, -0.2) is 0 Å². The summed E-state index contributed by atoms with van der Waals surface area (Å²) in [6.07, 6.45) is 0.717. The van der Waals surface area contributed by atoms with E-state index in [1.54, 1.807) is 6.92 Å². The van der Waals surface area contributed by atoms with Crippen LogP contribution in [0, 0.1) is 0 Å². The highest BCUT2D eigenvalue weighted by atomic mass is 16.3. The number of amides is 1. The Kier molecular flexibility index (Phi) is 4.81. The van der Waals surface area contributed by atoms with Gasteiger partial charge in [-0.1, -0.05) is 6.92 Å². The number of nitrogens with two attached hydrogens (primary N) is 1. The average Bonchev–Trinajstić information content (AvgIpc) is 1.99. The lowest BCUT2D eigenvalue weighted by atomic mass is 10.2. The van der Waals surface area contributed by atoms with E-state index in [0.29, 0.717) is 0 Å². The van der Waals surface area contributed by atoms with E-state index in [4.69, 9.17) is 10.8 Å². The second-order valence-corrected chi connectivity index (χ2v) is 2.59. The summed E-state index contributed by atoms with van der Waals surface area (Å²) in [5.41, 5.74) is 5.30. The first-order valence-electron chi connectivity index (χ1n) is 3.78. The van der Waals surface area contributed by atoms with Gasteiger partial charge in [-0.15, -0.1) is 0 Å². The lowest BCUT2D eigenvalue weighted by Gasteiger charge is -2.15. The minimum atomic E-state index is -0.504. The molecular weight excluding hydrogens is 144 g/mol. The molecule has 0 bridgehead atoms. The Morgan fingerprint density at radius 2 is 2.27 bits per heavy atom. The maximum absolute atomic E-state index is 10.9. The van der Waals surface area contributed by atoms with Crippen molar-refractivity contribution in [3.8, 4) is 0 Å². The molecule has 0 aromatic carbocycles. The first-order chi connectivity index (χ1) is 5.11. The fraction of sp³-hybridized carbons (Fsp3) is 0.857. The lowest BCUT2D eigenvalue weighted by Crippen LogP contribution is -2.45. The lowest BCUT2D eigenvalue weighted by molar-refractivity contribution is -0.123. The second kappa shape index (κ2) is 5.09. The van der Waals surface area contributed by atoms with Crippen LogP contribution in [0.4, 0.5) is 0 Å². The summed E-state index contributed by atoms with van der Waals surface area (Å²) in [6, 6.07) is -0.663. The molecule has 0 radical (unpaired) electrons. The number of nitrogens with one attached hydrogen (secondary N) is 1. The Morgan fingerprint density at radius 3 is 2.55 bits per heavy atom. The van der Waals surface area contributed by atoms with Crippen LogP contribution in [0.3, 0.4) is 0 Å². The van der Waals surface area contributed by atoms with E-state index in [2.05, 4.69) is 5.32 Å². The van der Waals surface area contributed by atoms with Crippen LogP contribution in [0.2, 0.25) is 0 Å². The molecule has 0 aliphatic heterocycles. The van der Waals surface area contributed by atoms with E-state index in [9.17, 15) is 4.79 Å². The van der Waals surface area contributed by atoms with Crippen LogP contribution < -0.4 is 11.1 Å². The van der Waals surface area contributed by atoms with E-state index in [1.807, 2.05) is 6.92 Å². The zero-order valence-electron chi connectivity index (χ0n) is 7.00. The van der Waals surface area contributed by atoms with Crippen molar-refractivity contribution in [2.24, 2.45) is 5.73 Å². The van der Waals surface area contributed by atoms with Crippen LogP contribution in [-0.4, -0.2) is 29.7 Å². The average molecular weight is 160 g/mol. The van der Waals surface area contributed by atoms with Gasteiger partial charge in [0.25, 0.3) is 0 Å². The van der Waals surface area contributed by atoms with Gasteiger partial charge < -0.3 is 16.2 Å². The molecule has 66 valence electrons. The third-order valence-electron chi connectivity index (χ3n) is 1.47. The zero-order chi connectivity index (χ0) is 8.85. The molecule has 0 unspecified atom stereocenters. The molecule has 2 atom stereocenters. The number of hydrogen-bond donors (Lipinski definition) is 3. The Labute approximate surface area is 66.8 Å². The van der Waals surface area contributed by atoms with Gasteiger partial charge in [0.2, 0.25) is 5.91 Å². The van der Waals surface area contributed by atoms with Crippen molar-refractivity contribution >= 4 is 5.91 Å². The number of carbonyl (C=O) groups excluding carboxylic acids is 1. The summed E-state index contributed by atoms with van der Waals surface area (Å²) in [7, 11) is 0. The zero-order valence-corrected chi connectivity index (χ0v) is 7.00. The Balaban J connectivity index is 3.72. The summed E-state index contributed by atoms with van der Waals surface area (Å²) in [5, 5.41) is 11.3. The number of hydrogen-bond acceptors (Lipinski definition) is 3. The van der Waals surface area contributed by atoms with Crippen molar-refractivity contribution in [2.75, 3.05) is 6.61 Å². The fourth-order valence-electron chi connectivity index (χ4n) is 0.609. The number of carbonyl (C=O) groups is 1. The summed E-state index contributed by atoms with van der Waals surface area (Å²) < 4.78 is 0. The van der Waals surface area contributed by atoms with Crippen molar-refractivity contribution < 1.29 is 9.90 Å². The predicted molar refractivity (Wildman–Crippen MR) is 43.0 cm³/mol. The summed E-state index contributed by atoms with van der Waals surface area (Å²) in [6.45, 7) is 3.47. The third-order valence-corrected chi connectivity index (χ3v) is 1.47. The maximum Gasteiger partial charge on any atom is 0.236 e. The molecule has 4 heteroatoms. The number of aliphatic hydroxyl groups is 1. The van der Waals surface area contributed by atoms with Crippen molar-refractivity contribution in [2.45, 2.75) is 32.4 Å². The normalized spacial score (nSPS) is 15.6. The molecular formula is C7H16N2O2.